The minimum atomic E-state index is 0.103. The number of carbonyl (C=O) groups is 1. The Morgan fingerprint density at radius 1 is 1.47 bits per heavy atom. The normalized spacial score (nSPS) is 26.3. The number of nitrogens with two attached hydrogens (primary N) is 1. The molecule has 0 bridgehead atoms. The number of carbonyl (C=O) groups excluding carboxylic acids is 1. The van der Waals surface area contributed by atoms with Crippen LogP contribution in [-0.4, -0.2) is 55.0 Å². The highest BCUT2D eigenvalue weighted by atomic mass is 16.2. The lowest BCUT2D eigenvalue weighted by Gasteiger charge is -2.21. The van der Waals surface area contributed by atoms with Crippen molar-refractivity contribution >= 4 is 5.91 Å². The van der Waals surface area contributed by atoms with E-state index in [0.29, 0.717) is 5.92 Å². The second-order valence-corrected chi connectivity index (χ2v) is 4.87. The third-order valence-corrected chi connectivity index (χ3v) is 3.53. The van der Waals surface area contributed by atoms with Gasteiger partial charge >= 0.3 is 0 Å². The smallest absolute Gasteiger partial charge is 0.236 e. The fraction of sp³-hybridized carbons (Fsp3) is 0.909. The van der Waals surface area contributed by atoms with Gasteiger partial charge in [0.15, 0.2) is 0 Å². The minimum Gasteiger partial charge on any atom is -0.341 e. The van der Waals surface area contributed by atoms with Crippen molar-refractivity contribution in [1.82, 2.24) is 9.80 Å². The van der Waals surface area contributed by atoms with Gasteiger partial charge in [-0.25, -0.2) is 0 Å². The van der Waals surface area contributed by atoms with Crippen LogP contribution in [-0.2, 0) is 4.79 Å². The highest BCUT2D eigenvalue weighted by Gasteiger charge is 2.31. The molecule has 1 aliphatic carbocycles. The Labute approximate surface area is 91.4 Å². The summed E-state index contributed by atoms with van der Waals surface area (Å²) in [5.41, 5.74) is 5.36. The van der Waals surface area contributed by atoms with Gasteiger partial charge in [0.05, 0.1) is 6.54 Å². The molecule has 1 aliphatic heterocycles. The van der Waals surface area contributed by atoms with Gasteiger partial charge in [-0.1, -0.05) is 0 Å². The van der Waals surface area contributed by atoms with E-state index in [2.05, 4.69) is 11.9 Å². The van der Waals surface area contributed by atoms with Crippen LogP contribution in [0.4, 0.5) is 0 Å². The Kier molecular flexibility index (Phi) is 3.26. The van der Waals surface area contributed by atoms with Gasteiger partial charge in [0.25, 0.3) is 0 Å². The highest BCUT2D eigenvalue weighted by Crippen LogP contribution is 2.27. The van der Waals surface area contributed by atoms with E-state index in [-0.39, 0.29) is 12.5 Å². The zero-order chi connectivity index (χ0) is 10.8. The average Bonchev–Trinajstić information content (AvgIpc) is 2.99. The van der Waals surface area contributed by atoms with E-state index in [1.807, 2.05) is 4.90 Å². The Hall–Kier alpha value is -0.610. The molecule has 1 saturated carbocycles. The molecule has 2 N–H and O–H groups in total. The molecule has 4 heteroatoms. The van der Waals surface area contributed by atoms with Crippen LogP contribution in [0.1, 0.15) is 19.3 Å². The number of hydrogen-bond donors (Lipinski definition) is 1. The lowest BCUT2D eigenvalue weighted by atomic mass is 10.1. The van der Waals surface area contributed by atoms with Crippen molar-refractivity contribution in [3.05, 3.63) is 0 Å². The van der Waals surface area contributed by atoms with Gasteiger partial charge in [-0.15, -0.1) is 0 Å². The number of likely N-dealkylation sites (tertiary alicyclic amines) is 1. The Balaban J connectivity index is 1.74. The van der Waals surface area contributed by atoms with Crippen LogP contribution in [0.15, 0.2) is 0 Å². The molecule has 0 unspecified atom stereocenters. The molecule has 2 aliphatic rings. The van der Waals surface area contributed by atoms with Gasteiger partial charge in [0, 0.05) is 25.7 Å². The van der Waals surface area contributed by atoms with E-state index in [1.165, 1.54) is 12.8 Å². The zero-order valence-corrected chi connectivity index (χ0v) is 9.48. The highest BCUT2D eigenvalue weighted by molar-refractivity contribution is 5.78. The summed E-state index contributed by atoms with van der Waals surface area (Å²) >= 11 is 0. The van der Waals surface area contributed by atoms with Crippen molar-refractivity contribution in [2.24, 2.45) is 11.7 Å². The van der Waals surface area contributed by atoms with Gasteiger partial charge in [-0.2, -0.15) is 0 Å². The molecule has 0 spiro atoms. The van der Waals surface area contributed by atoms with Crippen molar-refractivity contribution in [2.75, 3.05) is 33.2 Å². The second-order valence-electron chi connectivity index (χ2n) is 4.87. The van der Waals surface area contributed by atoms with Crippen molar-refractivity contribution in [2.45, 2.75) is 25.3 Å². The first kappa shape index (κ1) is 10.9. The predicted octanol–water partition coefficient (Wildman–Crippen LogP) is -0.112. The van der Waals surface area contributed by atoms with Crippen LogP contribution in [0.25, 0.3) is 0 Å². The van der Waals surface area contributed by atoms with E-state index >= 15 is 0 Å². The molecular weight excluding hydrogens is 190 g/mol. The van der Waals surface area contributed by atoms with Crippen molar-refractivity contribution in [1.29, 1.82) is 0 Å². The summed E-state index contributed by atoms with van der Waals surface area (Å²) in [7, 11) is 2.20. The Morgan fingerprint density at radius 2 is 2.20 bits per heavy atom. The molecule has 1 amide bonds. The van der Waals surface area contributed by atoms with Gasteiger partial charge < -0.3 is 15.5 Å². The van der Waals surface area contributed by atoms with E-state index < -0.39 is 0 Å². The first-order valence-corrected chi connectivity index (χ1v) is 5.88. The molecule has 4 nitrogen and oxygen atoms in total. The summed E-state index contributed by atoms with van der Waals surface area (Å²) in [6.45, 7) is 3.11. The predicted molar refractivity (Wildman–Crippen MR) is 59.4 cm³/mol. The molecule has 0 radical (unpaired) electrons. The lowest BCUT2D eigenvalue weighted by molar-refractivity contribution is -0.128. The molecule has 15 heavy (non-hydrogen) atoms. The van der Waals surface area contributed by atoms with E-state index in [9.17, 15) is 4.79 Å². The van der Waals surface area contributed by atoms with Crippen LogP contribution in [0, 0.1) is 5.92 Å². The molecule has 86 valence electrons. The van der Waals surface area contributed by atoms with Crippen LogP contribution in [0.5, 0.6) is 0 Å². The monoisotopic (exact) mass is 211 g/mol. The van der Waals surface area contributed by atoms with E-state index in [4.69, 9.17) is 5.73 Å². The summed E-state index contributed by atoms with van der Waals surface area (Å²) in [6, 6.07) is 0.823. The summed E-state index contributed by atoms with van der Waals surface area (Å²) in [5, 5.41) is 0. The topological polar surface area (TPSA) is 49.6 Å². The summed E-state index contributed by atoms with van der Waals surface area (Å²) < 4.78 is 0. The average molecular weight is 211 g/mol. The van der Waals surface area contributed by atoms with Gasteiger partial charge in [0.2, 0.25) is 5.91 Å². The van der Waals surface area contributed by atoms with Crippen LogP contribution in [0.2, 0.25) is 0 Å². The number of nitrogens with zero attached hydrogens (tertiary/aromatic N) is 2. The van der Waals surface area contributed by atoms with Gasteiger partial charge in [-0.3, -0.25) is 4.79 Å². The van der Waals surface area contributed by atoms with E-state index in [1.54, 1.807) is 0 Å². The standard InChI is InChI=1S/C11H21N3O/c1-13(10-2-3-10)7-9-4-5-14(8-9)11(15)6-12/h9-10H,2-8,12H2,1H3/t9-/m0/s1. The molecule has 1 atom stereocenters. The van der Waals surface area contributed by atoms with Crippen molar-refractivity contribution in [3.8, 4) is 0 Å². The summed E-state index contributed by atoms with van der Waals surface area (Å²) in [4.78, 5) is 15.7. The maximum absolute atomic E-state index is 11.4. The van der Waals surface area contributed by atoms with Crippen LogP contribution < -0.4 is 5.73 Å². The quantitative estimate of drug-likeness (QED) is 0.706. The molecule has 2 rings (SSSR count). The Bertz CT molecular complexity index is 240. The molecule has 1 heterocycles. The summed E-state index contributed by atoms with van der Waals surface area (Å²) in [5.74, 6) is 0.762. The van der Waals surface area contributed by atoms with Gasteiger partial charge in [-0.05, 0) is 32.2 Å². The number of rotatable bonds is 4. The number of hydrogen-bond acceptors (Lipinski definition) is 3. The third-order valence-electron chi connectivity index (χ3n) is 3.53. The Morgan fingerprint density at radius 3 is 2.80 bits per heavy atom. The lowest BCUT2D eigenvalue weighted by Crippen LogP contribution is -2.35. The first-order chi connectivity index (χ1) is 7.20. The van der Waals surface area contributed by atoms with Crippen LogP contribution >= 0.6 is 0 Å². The molecule has 0 aromatic carbocycles. The maximum atomic E-state index is 11.4. The molecule has 0 aromatic heterocycles. The van der Waals surface area contributed by atoms with Gasteiger partial charge in [0.1, 0.15) is 0 Å². The number of amides is 1. The largest absolute Gasteiger partial charge is 0.341 e. The van der Waals surface area contributed by atoms with Crippen LogP contribution in [0.3, 0.4) is 0 Å². The zero-order valence-electron chi connectivity index (χ0n) is 9.48. The molecule has 1 saturated heterocycles. The first-order valence-electron chi connectivity index (χ1n) is 5.88. The molecular formula is C11H21N3O. The fourth-order valence-electron chi connectivity index (χ4n) is 2.41. The van der Waals surface area contributed by atoms with Crippen molar-refractivity contribution in [3.63, 3.8) is 0 Å². The minimum absolute atomic E-state index is 0.103. The van der Waals surface area contributed by atoms with E-state index in [0.717, 1.165) is 32.1 Å². The van der Waals surface area contributed by atoms with Crippen molar-refractivity contribution < 1.29 is 4.79 Å². The second kappa shape index (κ2) is 4.49. The molecule has 2 fully saturated rings. The fourth-order valence-corrected chi connectivity index (χ4v) is 2.41. The SMILES string of the molecule is CN(C[C@@H]1CCN(C(=O)CN)C1)C1CC1. The third kappa shape index (κ3) is 2.69. The summed E-state index contributed by atoms with van der Waals surface area (Å²) in [6.07, 6.45) is 3.85. The molecule has 0 aromatic rings. The maximum Gasteiger partial charge on any atom is 0.236 e.